The van der Waals surface area contributed by atoms with E-state index in [2.05, 4.69) is 5.32 Å². The van der Waals surface area contributed by atoms with Crippen molar-refractivity contribution in [1.29, 1.82) is 0 Å². The largest absolute Gasteiger partial charge is 0.480 e. The van der Waals surface area contributed by atoms with Crippen LogP contribution in [0.2, 0.25) is 0 Å². The van der Waals surface area contributed by atoms with E-state index >= 15 is 0 Å². The minimum absolute atomic E-state index is 0.132. The molecule has 20 heavy (non-hydrogen) atoms. The summed E-state index contributed by atoms with van der Waals surface area (Å²) < 4.78 is 39.1. The Morgan fingerprint density at radius 1 is 1.30 bits per heavy atom. The number of amides is 1. The lowest BCUT2D eigenvalue weighted by Gasteiger charge is -2.14. The maximum Gasteiger partial charge on any atom is 0.326 e. The number of hydrogen-bond donors (Lipinski definition) is 2. The van der Waals surface area contributed by atoms with Gasteiger partial charge in [0, 0.05) is 0 Å². The second kappa shape index (κ2) is 7.18. The van der Waals surface area contributed by atoms with E-state index in [0.717, 1.165) is 6.07 Å². The number of thioether (sulfide) groups is 1. The van der Waals surface area contributed by atoms with Crippen LogP contribution in [0.15, 0.2) is 12.1 Å². The molecule has 0 bridgehead atoms. The number of carboxylic acids is 1. The molecule has 110 valence electrons. The third-order valence-corrected chi connectivity index (χ3v) is 3.14. The van der Waals surface area contributed by atoms with Crippen LogP contribution in [0.5, 0.6) is 0 Å². The summed E-state index contributed by atoms with van der Waals surface area (Å²) in [5.41, 5.74) is -0.737. The van der Waals surface area contributed by atoms with E-state index in [4.69, 9.17) is 5.11 Å². The lowest BCUT2D eigenvalue weighted by Crippen LogP contribution is -2.41. The van der Waals surface area contributed by atoms with Crippen molar-refractivity contribution in [3.63, 3.8) is 0 Å². The van der Waals surface area contributed by atoms with E-state index in [0.29, 0.717) is 11.8 Å². The normalized spacial score (nSPS) is 12.0. The first kappa shape index (κ1) is 16.4. The van der Waals surface area contributed by atoms with Gasteiger partial charge in [-0.3, -0.25) is 4.79 Å². The van der Waals surface area contributed by atoms with Gasteiger partial charge in [-0.1, -0.05) is 0 Å². The molecule has 1 atom stereocenters. The molecule has 0 spiro atoms. The van der Waals surface area contributed by atoms with Gasteiger partial charge in [-0.2, -0.15) is 11.8 Å². The highest BCUT2D eigenvalue weighted by Crippen LogP contribution is 2.15. The number of rotatable bonds is 6. The van der Waals surface area contributed by atoms with Crippen molar-refractivity contribution in [2.45, 2.75) is 12.5 Å². The molecule has 1 amide bonds. The van der Waals surface area contributed by atoms with Crippen molar-refractivity contribution in [2.75, 3.05) is 12.0 Å². The minimum atomic E-state index is -1.77. The van der Waals surface area contributed by atoms with Crippen molar-refractivity contribution in [3.05, 3.63) is 35.1 Å². The molecule has 0 aliphatic rings. The van der Waals surface area contributed by atoms with Gasteiger partial charge in [0.2, 0.25) is 0 Å². The third-order valence-electron chi connectivity index (χ3n) is 2.49. The van der Waals surface area contributed by atoms with Crippen LogP contribution in [-0.2, 0) is 4.79 Å². The molecule has 0 aliphatic carbocycles. The van der Waals surface area contributed by atoms with Crippen molar-refractivity contribution in [3.8, 4) is 0 Å². The summed E-state index contributed by atoms with van der Waals surface area (Å²) >= 11 is 1.38. The topological polar surface area (TPSA) is 66.4 Å². The van der Waals surface area contributed by atoms with Crippen LogP contribution in [0.4, 0.5) is 13.2 Å². The quantitative estimate of drug-likeness (QED) is 0.789. The predicted molar refractivity (Wildman–Crippen MR) is 68.2 cm³/mol. The first-order chi connectivity index (χ1) is 9.38. The van der Waals surface area contributed by atoms with Crippen LogP contribution in [-0.4, -0.2) is 35.0 Å². The molecule has 1 aromatic carbocycles. The molecular weight excluding hydrogens is 295 g/mol. The Bertz CT molecular complexity index is 525. The van der Waals surface area contributed by atoms with E-state index in [1.54, 1.807) is 6.26 Å². The average molecular weight is 307 g/mol. The molecule has 0 fully saturated rings. The lowest BCUT2D eigenvalue weighted by atomic mass is 10.1. The molecule has 1 aromatic rings. The van der Waals surface area contributed by atoms with Crippen molar-refractivity contribution in [1.82, 2.24) is 5.32 Å². The highest BCUT2D eigenvalue weighted by atomic mass is 32.2. The zero-order valence-electron chi connectivity index (χ0n) is 10.5. The highest BCUT2D eigenvalue weighted by Gasteiger charge is 2.24. The number of benzene rings is 1. The molecule has 8 heteroatoms. The van der Waals surface area contributed by atoms with Crippen LogP contribution in [0.1, 0.15) is 16.8 Å². The van der Waals surface area contributed by atoms with Crippen molar-refractivity contribution >= 4 is 23.6 Å². The average Bonchev–Trinajstić information content (AvgIpc) is 2.40. The molecule has 0 saturated carbocycles. The standard InChI is InChI=1S/C12H12F3NO3S/c1-20-5-4-8(12(18)19)16-11(17)6-2-3-7(13)10(15)9(6)14/h2-3,8H,4-5H2,1H3,(H,16,17)(H,18,19). The van der Waals surface area contributed by atoms with Gasteiger partial charge in [-0.15, -0.1) is 0 Å². The first-order valence-corrected chi connectivity index (χ1v) is 6.94. The van der Waals surface area contributed by atoms with Crippen LogP contribution < -0.4 is 5.32 Å². The maximum absolute atomic E-state index is 13.4. The van der Waals surface area contributed by atoms with Gasteiger partial charge < -0.3 is 10.4 Å². The molecule has 0 aliphatic heterocycles. The van der Waals surface area contributed by atoms with E-state index in [1.165, 1.54) is 11.8 Å². The Morgan fingerprint density at radius 3 is 2.50 bits per heavy atom. The SMILES string of the molecule is CSCCC(NC(=O)c1ccc(F)c(F)c1F)C(=O)O. The Hall–Kier alpha value is -1.70. The van der Waals surface area contributed by atoms with Crippen molar-refractivity contribution < 1.29 is 27.9 Å². The summed E-state index contributed by atoms with van der Waals surface area (Å²) in [5.74, 6) is -6.75. The number of carboxylic acid groups (broad SMARTS) is 1. The van der Waals surface area contributed by atoms with Crippen LogP contribution in [0.3, 0.4) is 0 Å². The minimum Gasteiger partial charge on any atom is -0.480 e. The number of hydrogen-bond acceptors (Lipinski definition) is 3. The van der Waals surface area contributed by atoms with Gasteiger partial charge in [0.25, 0.3) is 5.91 Å². The molecule has 1 rings (SSSR count). The van der Waals surface area contributed by atoms with Gasteiger partial charge in [0.15, 0.2) is 17.5 Å². The van der Waals surface area contributed by atoms with Gasteiger partial charge in [-0.05, 0) is 30.6 Å². The molecule has 0 radical (unpaired) electrons. The van der Waals surface area contributed by atoms with Gasteiger partial charge in [0.1, 0.15) is 6.04 Å². The summed E-state index contributed by atoms with van der Waals surface area (Å²) in [5, 5.41) is 11.0. The molecule has 0 saturated heterocycles. The van der Waals surface area contributed by atoms with E-state index < -0.39 is 40.9 Å². The first-order valence-electron chi connectivity index (χ1n) is 5.54. The number of carbonyl (C=O) groups excluding carboxylic acids is 1. The highest BCUT2D eigenvalue weighted by molar-refractivity contribution is 7.98. The molecule has 4 nitrogen and oxygen atoms in total. The van der Waals surface area contributed by atoms with E-state index in [9.17, 15) is 22.8 Å². The molecular formula is C12H12F3NO3S. The Morgan fingerprint density at radius 2 is 1.95 bits per heavy atom. The molecule has 0 heterocycles. The monoisotopic (exact) mass is 307 g/mol. The van der Waals surface area contributed by atoms with Gasteiger partial charge >= 0.3 is 5.97 Å². The molecule has 1 unspecified atom stereocenters. The zero-order valence-corrected chi connectivity index (χ0v) is 11.3. The maximum atomic E-state index is 13.4. The second-order valence-electron chi connectivity index (χ2n) is 3.87. The third kappa shape index (κ3) is 3.89. The number of carbonyl (C=O) groups is 2. The summed E-state index contributed by atoms with van der Waals surface area (Å²) in [4.78, 5) is 22.6. The zero-order chi connectivity index (χ0) is 15.3. The summed E-state index contributed by atoms with van der Waals surface area (Å²) in [6.07, 6.45) is 1.89. The van der Waals surface area contributed by atoms with Crippen LogP contribution >= 0.6 is 11.8 Å². The van der Waals surface area contributed by atoms with Gasteiger partial charge in [0.05, 0.1) is 5.56 Å². The van der Waals surface area contributed by atoms with E-state index in [1.807, 2.05) is 0 Å². The second-order valence-corrected chi connectivity index (χ2v) is 4.85. The van der Waals surface area contributed by atoms with Crippen molar-refractivity contribution in [2.24, 2.45) is 0 Å². The van der Waals surface area contributed by atoms with Crippen LogP contribution in [0, 0.1) is 17.5 Å². The van der Waals surface area contributed by atoms with E-state index in [-0.39, 0.29) is 6.42 Å². The van der Waals surface area contributed by atoms with Crippen LogP contribution in [0.25, 0.3) is 0 Å². The lowest BCUT2D eigenvalue weighted by molar-refractivity contribution is -0.139. The Labute approximate surface area is 117 Å². The fourth-order valence-corrected chi connectivity index (χ4v) is 1.90. The van der Waals surface area contributed by atoms with Gasteiger partial charge in [-0.25, -0.2) is 18.0 Å². The molecule has 2 N–H and O–H groups in total. The fourth-order valence-electron chi connectivity index (χ4n) is 1.43. The fraction of sp³-hybridized carbons (Fsp3) is 0.333. The smallest absolute Gasteiger partial charge is 0.326 e. The summed E-state index contributed by atoms with van der Waals surface area (Å²) in [6.45, 7) is 0. The Kier molecular flexibility index (Phi) is 5.87. The number of nitrogens with one attached hydrogen (secondary N) is 1. The predicted octanol–water partition coefficient (Wildman–Crippen LogP) is 2.04. The Balaban J connectivity index is 2.89. The summed E-state index contributed by atoms with van der Waals surface area (Å²) in [6, 6.07) is 0.143. The summed E-state index contributed by atoms with van der Waals surface area (Å²) in [7, 11) is 0. The molecule has 0 aromatic heterocycles. The number of aliphatic carboxylic acids is 1. The number of halogens is 3.